The zero-order valence-electron chi connectivity index (χ0n) is 14.0. The van der Waals surface area contributed by atoms with Crippen LogP contribution in [0.2, 0.25) is 0 Å². The van der Waals surface area contributed by atoms with E-state index in [2.05, 4.69) is 10.6 Å². The first kappa shape index (κ1) is 17.5. The number of primary amides is 1. The number of carbonyl (C=O) groups excluding carboxylic acids is 2. The van der Waals surface area contributed by atoms with Crippen molar-refractivity contribution < 1.29 is 9.59 Å². The van der Waals surface area contributed by atoms with Crippen molar-refractivity contribution in [3.8, 4) is 0 Å². The molecule has 5 heteroatoms. The molecule has 0 aliphatic carbocycles. The van der Waals surface area contributed by atoms with Gasteiger partial charge in [0.05, 0.1) is 6.04 Å². The van der Waals surface area contributed by atoms with E-state index in [1.54, 1.807) is 18.2 Å². The largest absolute Gasteiger partial charge is 0.366 e. The summed E-state index contributed by atoms with van der Waals surface area (Å²) >= 11 is 0. The van der Waals surface area contributed by atoms with Gasteiger partial charge in [-0.15, -0.1) is 0 Å². The van der Waals surface area contributed by atoms with Crippen LogP contribution in [-0.2, 0) is 6.42 Å². The lowest BCUT2D eigenvalue weighted by atomic mass is 10.0. The molecule has 0 bridgehead atoms. The Kier molecular flexibility index (Phi) is 5.95. The molecule has 2 aromatic carbocycles. The van der Waals surface area contributed by atoms with E-state index in [0.717, 1.165) is 16.7 Å². The molecule has 0 radical (unpaired) electrons. The van der Waals surface area contributed by atoms with Crippen molar-refractivity contribution in [2.24, 2.45) is 5.73 Å². The molecule has 2 rings (SSSR count). The third kappa shape index (κ3) is 4.84. The fourth-order valence-electron chi connectivity index (χ4n) is 2.60. The summed E-state index contributed by atoms with van der Waals surface area (Å²) in [5, 5.41) is 5.76. The zero-order chi connectivity index (χ0) is 17.5. The van der Waals surface area contributed by atoms with Gasteiger partial charge in [-0.3, -0.25) is 4.79 Å². The molecule has 0 heterocycles. The molecule has 0 spiro atoms. The van der Waals surface area contributed by atoms with Crippen LogP contribution in [-0.4, -0.2) is 18.5 Å². The second kappa shape index (κ2) is 8.15. The molecule has 2 aromatic rings. The third-order valence-electron chi connectivity index (χ3n) is 3.91. The van der Waals surface area contributed by atoms with Gasteiger partial charge in [0, 0.05) is 12.1 Å². The molecule has 0 saturated heterocycles. The van der Waals surface area contributed by atoms with E-state index < -0.39 is 5.91 Å². The monoisotopic (exact) mass is 325 g/mol. The standard InChI is InChI=1S/C19H23N3O2/c1-13-6-3-4-9-17(13)14(2)22-19(24)21-11-10-15-7-5-8-16(12-15)18(20)23/h3-9,12,14H,10-11H2,1-2H3,(H2,20,23)(H2,21,22,24). The highest BCUT2D eigenvalue weighted by Gasteiger charge is 2.10. The minimum Gasteiger partial charge on any atom is -0.366 e. The zero-order valence-corrected chi connectivity index (χ0v) is 14.0. The number of nitrogens with two attached hydrogens (primary N) is 1. The quantitative estimate of drug-likeness (QED) is 0.763. The summed E-state index contributed by atoms with van der Waals surface area (Å²) in [5.41, 5.74) is 8.94. The van der Waals surface area contributed by atoms with Gasteiger partial charge in [-0.25, -0.2) is 4.79 Å². The second-order valence-electron chi connectivity index (χ2n) is 5.79. The van der Waals surface area contributed by atoms with E-state index in [0.29, 0.717) is 18.5 Å². The van der Waals surface area contributed by atoms with Crippen molar-refractivity contribution in [1.82, 2.24) is 10.6 Å². The summed E-state index contributed by atoms with van der Waals surface area (Å²) in [5.74, 6) is -0.449. The fraction of sp³-hybridized carbons (Fsp3) is 0.263. The fourth-order valence-corrected chi connectivity index (χ4v) is 2.60. The summed E-state index contributed by atoms with van der Waals surface area (Å²) in [6.45, 7) is 4.46. The second-order valence-corrected chi connectivity index (χ2v) is 5.79. The topological polar surface area (TPSA) is 84.2 Å². The maximum Gasteiger partial charge on any atom is 0.315 e. The predicted octanol–water partition coefficient (Wildman–Crippen LogP) is 2.70. The summed E-state index contributed by atoms with van der Waals surface area (Å²) in [7, 11) is 0. The van der Waals surface area contributed by atoms with Gasteiger partial charge in [0.2, 0.25) is 5.91 Å². The van der Waals surface area contributed by atoms with Crippen molar-refractivity contribution in [3.63, 3.8) is 0 Å². The molecule has 0 aliphatic heterocycles. The number of rotatable bonds is 6. The number of nitrogens with one attached hydrogen (secondary N) is 2. The molecular weight excluding hydrogens is 302 g/mol. The highest BCUT2D eigenvalue weighted by Crippen LogP contribution is 2.16. The van der Waals surface area contributed by atoms with E-state index in [1.165, 1.54) is 0 Å². The van der Waals surface area contributed by atoms with Crippen LogP contribution in [0.25, 0.3) is 0 Å². The minimum absolute atomic E-state index is 0.0654. The molecule has 4 N–H and O–H groups in total. The first-order valence-electron chi connectivity index (χ1n) is 7.96. The van der Waals surface area contributed by atoms with Gasteiger partial charge in [-0.1, -0.05) is 36.4 Å². The van der Waals surface area contributed by atoms with E-state index >= 15 is 0 Å². The normalized spacial score (nSPS) is 11.6. The maximum atomic E-state index is 12.0. The lowest BCUT2D eigenvalue weighted by molar-refractivity contribution is 0.1000. The summed E-state index contributed by atoms with van der Waals surface area (Å²) < 4.78 is 0. The van der Waals surface area contributed by atoms with Crippen molar-refractivity contribution in [3.05, 3.63) is 70.8 Å². The molecule has 0 aromatic heterocycles. The molecular formula is C19H23N3O2. The number of benzene rings is 2. The van der Waals surface area contributed by atoms with E-state index in [4.69, 9.17) is 5.73 Å². The molecule has 126 valence electrons. The number of urea groups is 1. The predicted molar refractivity (Wildman–Crippen MR) is 94.8 cm³/mol. The molecule has 1 atom stereocenters. The van der Waals surface area contributed by atoms with Gasteiger partial charge in [0.25, 0.3) is 0 Å². The molecule has 5 nitrogen and oxygen atoms in total. The van der Waals surface area contributed by atoms with Gasteiger partial charge in [-0.2, -0.15) is 0 Å². The molecule has 1 unspecified atom stereocenters. The molecule has 0 fully saturated rings. The van der Waals surface area contributed by atoms with Gasteiger partial charge < -0.3 is 16.4 Å². The highest BCUT2D eigenvalue weighted by atomic mass is 16.2. The van der Waals surface area contributed by atoms with Crippen molar-refractivity contribution in [2.45, 2.75) is 26.3 Å². The Bertz CT molecular complexity index is 728. The highest BCUT2D eigenvalue weighted by molar-refractivity contribution is 5.92. The van der Waals surface area contributed by atoms with Gasteiger partial charge in [-0.05, 0) is 49.1 Å². The number of carbonyl (C=O) groups is 2. The molecule has 0 saturated carbocycles. The Morgan fingerprint density at radius 1 is 1.12 bits per heavy atom. The van der Waals surface area contributed by atoms with Gasteiger partial charge in [0.15, 0.2) is 0 Å². The summed E-state index contributed by atoms with van der Waals surface area (Å²) in [4.78, 5) is 23.2. The van der Waals surface area contributed by atoms with Crippen LogP contribution in [0.3, 0.4) is 0 Å². The lowest BCUT2D eigenvalue weighted by Crippen LogP contribution is -2.38. The molecule has 0 aliphatic rings. The van der Waals surface area contributed by atoms with Crippen molar-refractivity contribution in [2.75, 3.05) is 6.54 Å². The summed E-state index contributed by atoms with van der Waals surface area (Å²) in [6, 6.07) is 14.8. The number of amides is 3. The molecule has 3 amide bonds. The van der Waals surface area contributed by atoms with E-state index in [-0.39, 0.29) is 12.1 Å². The maximum absolute atomic E-state index is 12.0. The number of aryl methyl sites for hydroxylation is 1. The van der Waals surface area contributed by atoms with Crippen LogP contribution in [0, 0.1) is 6.92 Å². The van der Waals surface area contributed by atoms with E-state index in [1.807, 2.05) is 44.2 Å². The Morgan fingerprint density at radius 3 is 2.58 bits per heavy atom. The van der Waals surface area contributed by atoms with Gasteiger partial charge >= 0.3 is 6.03 Å². The Morgan fingerprint density at radius 2 is 1.88 bits per heavy atom. The van der Waals surface area contributed by atoms with Crippen LogP contribution in [0.4, 0.5) is 4.79 Å². The number of hydrogen-bond donors (Lipinski definition) is 3. The van der Waals surface area contributed by atoms with E-state index in [9.17, 15) is 9.59 Å². The average molecular weight is 325 g/mol. The number of hydrogen-bond acceptors (Lipinski definition) is 2. The van der Waals surface area contributed by atoms with Crippen LogP contribution in [0.5, 0.6) is 0 Å². The average Bonchev–Trinajstić information content (AvgIpc) is 2.55. The van der Waals surface area contributed by atoms with Crippen molar-refractivity contribution in [1.29, 1.82) is 0 Å². The summed E-state index contributed by atoms with van der Waals surface area (Å²) in [6.07, 6.45) is 0.632. The smallest absolute Gasteiger partial charge is 0.315 e. The third-order valence-corrected chi connectivity index (χ3v) is 3.91. The Balaban J connectivity index is 1.82. The first-order valence-corrected chi connectivity index (χ1v) is 7.96. The van der Waals surface area contributed by atoms with Crippen LogP contribution in [0.1, 0.15) is 40.0 Å². The first-order chi connectivity index (χ1) is 11.5. The van der Waals surface area contributed by atoms with Crippen LogP contribution >= 0.6 is 0 Å². The molecule has 24 heavy (non-hydrogen) atoms. The van der Waals surface area contributed by atoms with Crippen LogP contribution in [0.15, 0.2) is 48.5 Å². The van der Waals surface area contributed by atoms with Gasteiger partial charge in [0.1, 0.15) is 0 Å². The lowest BCUT2D eigenvalue weighted by Gasteiger charge is -2.17. The van der Waals surface area contributed by atoms with Crippen LogP contribution < -0.4 is 16.4 Å². The van der Waals surface area contributed by atoms with Crippen molar-refractivity contribution >= 4 is 11.9 Å². The minimum atomic E-state index is -0.449. The SMILES string of the molecule is Cc1ccccc1C(C)NC(=O)NCCc1cccc(C(N)=O)c1. The Labute approximate surface area is 142 Å². The Hall–Kier alpha value is -2.82.